The predicted molar refractivity (Wildman–Crippen MR) is 84.3 cm³/mol. The van der Waals surface area contributed by atoms with Crippen LogP contribution in [0.5, 0.6) is 0 Å². The van der Waals surface area contributed by atoms with Gasteiger partial charge in [0.15, 0.2) is 0 Å². The summed E-state index contributed by atoms with van der Waals surface area (Å²) in [5, 5.41) is 6.09. The lowest BCUT2D eigenvalue weighted by atomic mass is 9.99. The topological polar surface area (TPSA) is 61.4 Å². The number of amides is 2. The van der Waals surface area contributed by atoms with E-state index < -0.39 is 0 Å². The first-order valence-electron chi connectivity index (χ1n) is 7.48. The highest BCUT2D eigenvalue weighted by molar-refractivity contribution is 6.07. The molecule has 1 aromatic rings. The average Bonchev–Trinajstić information content (AvgIpc) is 2.47. The van der Waals surface area contributed by atoms with Crippen LogP contribution in [0.1, 0.15) is 27.2 Å². The van der Waals surface area contributed by atoms with Crippen molar-refractivity contribution in [3.63, 3.8) is 0 Å². The predicted octanol–water partition coefficient (Wildman–Crippen LogP) is 2.00. The Kier molecular flexibility index (Phi) is 4.83. The number of benzene rings is 1. The smallest absolute Gasteiger partial charge is 0.250 e. The number of hydrogen-bond donors (Lipinski definition) is 2. The summed E-state index contributed by atoms with van der Waals surface area (Å²) in [5.41, 5.74) is 1.67. The van der Waals surface area contributed by atoms with Crippen molar-refractivity contribution in [2.24, 2.45) is 5.92 Å². The number of nitrogens with zero attached hydrogens (tertiary/aromatic N) is 1. The quantitative estimate of drug-likeness (QED) is 0.871. The number of anilines is 2. The largest absolute Gasteiger partial charge is 0.372 e. The van der Waals surface area contributed by atoms with Gasteiger partial charge in [0.1, 0.15) is 12.6 Å². The first-order valence-corrected chi connectivity index (χ1v) is 7.48. The number of carbonyl (C=O) groups excluding carboxylic acids is 2. The fraction of sp³-hybridized carbons (Fsp3) is 0.500. The van der Waals surface area contributed by atoms with Gasteiger partial charge in [-0.15, -0.1) is 0 Å². The molecule has 0 saturated heterocycles. The molecule has 0 saturated carbocycles. The summed E-state index contributed by atoms with van der Waals surface area (Å²) in [7, 11) is 0. The minimum Gasteiger partial charge on any atom is -0.372 e. The fourth-order valence-electron chi connectivity index (χ4n) is 2.43. The maximum atomic E-state index is 12.6. The molecule has 0 aromatic heterocycles. The minimum absolute atomic E-state index is 0.0460. The molecule has 2 amide bonds. The highest BCUT2D eigenvalue weighted by Gasteiger charge is 2.34. The van der Waals surface area contributed by atoms with E-state index in [-0.39, 0.29) is 30.3 Å². The molecule has 1 aromatic carbocycles. The van der Waals surface area contributed by atoms with Gasteiger partial charge in [0, 0.05) is 6.54 Å². The molecule has 0 radical (unpaired) electrons. The molecule has 1 heterocycles. The van der Waals surface area contributed by atoms with Crippen LogP contribution < -0.4 is 15.5 Å². The molecule has 0 fully saturated rings. The van der Waals surface area contributed by atoms with Crippen LogP contribution in [0.2, 0.25) is 0 Å². The zero-order valence-corrected chi connectivity index (χ0v) is 12.8. The van der Waals surface area contributed by atoms with E-state index in [2.05, 4.69) is 10.6 Å². The van der Waals surface area contributed by atoms with Crippen LogP contribution in [0.25, 0.3) is 0 Å². The van der Waals surface area contributed by atoms with Gasteiger partial charge in [0.05, 0.1) is 11.4 Å². The third-order valence-corrected chi connectivity index (χ3v) is 3.58. The van der Waals surface area contributed by atoms with Gasteiger partial charge < -0.3 is 10.6 Å². The summed E-state index contributed by atoms with van der Waals surface area (Å²) in [4.78, 5) is 26.2. The van der Waals surface area contributed by atoms with Gasteiger partial charge in [0.2, 0.25) is 11.8 Å². The summed E-state index contributed by atoms with van der Waals surface area (Å²) < 4.78 is 0. The van der Waals surface area contributed by atoms with Crippen LogP contribution >= 0.6 is 0 Å². The van der Waals surface area contributed by atoms with E-state index in [9.17, 15) is 9.59 Å². The molecule has 1 aliphatic rings. The summed E-state index contributed by atoms with van der Waals surface area (Å²) >= 11 is 0. The van der Waals surface area contributed by atoms with Crippen LogP contribution in [-0.2, 0) is 9.59 Å². The number of rotatable bonds is 5. The van der Waals surface area contributed by atoms with Crippen molar-refractivity contribution in [3.05, 3.63) is 24.3 Å². The standard InChI is InChI=1S/C16H23N3O2/c1-4-9-17-14(20)10-19-13-8-6-5-7-12(13)18-15(11(2)3)16(19)21/h5-8,11,15,18H,4,9-10H2,1-3H3,(H,17,20). The van der Waals surface area contributed by atoms with Crippen molar-refractivity contribution in [1.29, 1.82) is 0 Å². The normalized spacial score (nSPS) is 17.4. The number of para-hydroxylation sites is 2. The van der Waals surface area contributed by atoms with Crippen molar-refractivity contribution in [2.75, 3.05) is 23.3 Å². The minimum atomic E-state index is -0.293. The van der Waals surface area contributed by atoms with Crippen LogP contribution in [0.3, 0.4) is 0 Å². The number of carbonyl (C=O) groups is 2. The van der Waals surface area contributed by atoms with Crippen molar-refractivity contribution in [3.8, 4) is 0 Å². The second kappa shape index (κ2) is 6.61. The van der Waals surface area contributed by atoms with Crippen molar-refractivity contribution >= 4 is 23.2 Å². The number of hydrogen-bond acceptors (Lipinski definition) is 3. The summed E-state index contributed by atoms with van der Waals surface area (Å²) in [6.45, 7) is 6.70. The molecule has 0 spiro atoms. The van der Waals surface area contributed by atoms with Gasteiger partial charge in [-0.05, 0) is 24.5 Å². The second-order valence-corrected chi connectivity index (χ2v) is 5.66. The van der Waals surface area contributed by atoms with Gasteiger partial charge >= 0.3 is 0 Å². The van der Waals surface area contributed by atoms with E-state index in [0.29, 0.717) is 6.54 Å². The Morgan fingerprint density at radius 1 is 1.38 bits per heavy atom. The molecule has 0 bridgehead atoms. The Labute approximate surface area is 125 Å². The number of nitrogens with one attached hydrogen (secondary N) is 2. The zero-order valence-electron chi connectivity index (χ0n) is 12.8. The average molecular weight is 289 g/mol. The van der Waals surface area contributed by atoms with Gasteiger partial charge in [-0.3, -0.25) is 14.5 Å². The maximum absolute atomic E-state index is 12.6. The van der Waals surface area contributed by atoms with E-state index in [4.69, 9.17) is 0 Å². The Morgan fingerprint density at radius 2 is 2.10 bits per heavy atom. The summed E-state index contributed by atoms with van der Waals surface area (Å²) in [5.74, 6) is -0.00758. The highest BCUT2D eigenvalue weighted by Crippen LogP contribution is 2.32. The van der Waals surface area contributed by atoms with Crippen molar-refractivity contribution in [1.82, 2.24) is 5.32 Å². The van der Waals surface area contributed by atoms with E-state index in [1.165, 1.54) is 0 Å². The molecule has 5 nitrogen and oxygen atoms in total. The highest BCUT2D eigenvalue weighted by atomic mass is 16.2. The molecular weight excluding hydrogens is 266 g/mol. The van der Waals surface area contributed by atoms with Crippen LogP contribution in [0, 0.1) is 5.92 Å². The zero-order chi connectivity index (χ0) is 15.4. The summed E-state index contributed by atoms with van der Waals surface area (Å²) in [6.07, 6.45) is 0.881. The Bertz CT molecular complexity index is 528. The van der Waals surface area contributed by atoms with E-state index in [1.54, 1.807) is 4.90 Å². The Balaban J connectivity index is 2.24. The molecule has 1 aliphatic heterocycles. The Hall–Kier alpha value is -2.04. The van der Waals surface area contributed by atoms with Crippen LogP contribution in [0.4, 0.5) is 11.4 Å². The molecule has 0 aliphatic carbocycles. The SMILES string of the molecule is CCCNC(=O)CN1C(=O)C(C(C)C)Nc2ccccc21. The first kappa shape index (κ1) is 15.4. The summed E-state index contributed by atoms with van der Waals surface area (Å²) in [6, 6.07) is 7.31. The molecule has 1 unspecified atom stereocenters. The van der Waals surface area contributed by atoms with E-state index in [1.807, 2.05) is 45.0 Å². The maximum Gasteiger partial charge on any atom is 0.250 e. The van der Waals surface area contributed by atoms with E-state index in [0.717, 1.165) is 17.8 Å². The van der Waals surface area contributed by atoms with Gasteiger partial charge in [-0.1, -0.05) is 32.9 Å². The van der Waals surface area contributed by atoms with Gasteiger partial charge in [-0.25, -0.2) is 0 Å². The van der Waals surface area contributed by atoms with Gasteiger partial charge in [-0.2, -0.15) is 0 Å². The monoisotopic (exact) mass is 289 g/mol. The van der Waals surface area contributed by atoms with Crippen molar-refractivity contribution < 1.29 is 9.59 Å². The fourth-order valence-corrected chi connectivity index (χ4v) is 2.43. The Morgan fingerprint density at radius 3 is 2.76 bits per heavy atom. The lowest BCUT2D eigenvalue weighted by Gasteiger charge is -2.36. The molecule has 1 atom stereocenters. The van der Waals surface area contributed by atoms with Crippen LogP contribution in [-0.4, -0.2) is 30.9 Å². The third-order valence-electron chi connectivity index (χ3n) is 3.58. The molecule has 5 heteroatoms. The van der Waals surface area contributed by atoms with Gasteiger partial charge in [0.25, 0.3) is 0 Å². The van der Waals surface area contributed by atoms with E-state index >= 15 is 0 Å². The number of fused-ring (bicyclic) bond motifs is 1. The molecule has 2 rings (SSSR count). The third kappa shape index (κ3) is 3.35. The lowest BCUT2D eigenvalue weighted by molar-refractivity contribution is -0.124. The molecule has 21 heavy (non-hydrogen) atoms. The lowest BCUT2D eigenvalue weighted by Crippen LogP contribution is -2.52. The first-order chi connectivity index (χ1) is 10.0. The molecular formula is C16H23N3O2. The van der Waals surface area contributed by atoms with Crippen molar-refractivity contribution in [2.45, 2.75) is 33.2 Å². The molecule has 114 valence electrons. The second-order valence-electron chi connectivity index (χ2n) is 5.66. The van der Waals surface area contributed by atoms with Crippen LogP contribution in [0.15, 0.2) is 24.3 Å². The molecule has 2 N–H and O–H groups in total.